The highest BCUT2D eigenvalue weighted by Crippen LogP contribution is 2.22. The molecule has 4 rings (SSSR count). The van der Waals surface area contributed by atoms with Crippen LogP contribution in [0.15, 0.2) is 78.9 Å². The van der Waals surface area contributed by atoms with E-state index >= 15 is 0 Å². The van der Waals surface area contributed by atoms with Gasteiger partial charge in [0.05, 0.1) is 13.2 Å². The normalized spacial score (nSPS) is 14.3. The van der Waals surface area contributed by atoms with Gasteiger partial charge in [0.25, 0.3) is 0 Å². The van der Waals surface area contributed by atoms with Gasteiger partial charge in [-0.1, -0.05) is 127 Å². The third-order valence-corrected chi connectivity index (χ3v) is 15.2. The number of nitrogens with one attached hydrogen (secondary N) is 8. The molecule has 0 aromatic heterocycles. The first-order valence-electron chi connectivity index (χ1n) is 33.5. The standard InChI is InChI=1S/C71H107N9O14/c1-48(2)43-57(79-67(88)60-27-24-41-80(60)50(5)81)63(84)74-46-62(83)76-56(38-33-51-25-20-19-21-26-51)64(85)78-59(45-52-31-36-55(37-32-52)93-70(6,7)8)66(87)77-58(44-49(3)4)65(86)75-54-34-29-53(30-35-54)47-92-69(90)91-42-23-18-16-14-12-13-15-17-22-28-61(82)72-39-40-73-68(89)94-71(9,10)11/h19-21,25-26,29-32,34-37,48-49,56-60H,12-18,22-24,27-28,33,38-47H2,1-11H3,(H,72,82)(H,73,89)(H,74,84)(H,75,86)(H,76,83)(H,77,87)(H,78,85)(H,79,88)/t56-,57-,58-,59-,60-/m0/s1. The number of rotatable bonds is 39. The van der Waals surface area contributed by atoms with Crippen LogP contribution in [0, 0.1) is 11.8 Å². The van der Waals surface area contributed by atoms with Crippen molar-refractivity contribution in [2.75, 3.05) is 38.1 Å². The predicted octanol–water partition coefficient (Wildman–Crippen LogP) is 9.03. The molecule has 94 heavy (non-hydrogen) atoms. The highest BCUT2D eigenvalue weighted by atomic mass is 16.7. The minimum Gasteiger partial charge on any atom is -0.488 e. The van der Waals surface area contributed by atoms with E-state index in [2.05, 4.69) is 42.5 Å². The molecule has 0 saturated carbocycles. The number of carbonyl (C=O) groups is 10. The highest BCUT2D eigenvalue weighted by Gasteiger charge is 2.36. The third kappa shape index (κ3) is 32.5. The van der Waals surface area contributed by atoms with Crippen LogP contribution in [0.3, 0.4) is 0 Å². The summed E-state index contributed by atoms with van der Waals surface area (Å²) in [6.45, 7) is 20.9. The molecule has 1 saturated heterocycles. The maximum absolute atomic E-state index is 14.7. The minimum absolute atomic E-state index is 0.0138. The average Bonchev–Trinajstić information content (AvgIpc) is 3.00. The number of hydrogen-bond acceptors (Lipinski definition) is 14. The maximum Gasteiger partial charge on any atom is 0.508 e. The molecular formula is C71H107N9O14. The Morgan fingerprint density at radius 3 is 1.73 bits per heavy atom. The molecule has 0 spiro atoms. The molecule has 3 aromatic rings. The molecular weight excluding hydrogens is 1200 g/mol. The van der Waals surface area contributed by atoms with Crippen LogP contribution in [0.25, 0.3) is 0 Å². The first-order chi connectivity index (χ1) is 44.5. The quantitative estimate of drug-likeness (QED) is 0.0195. The van der Waals surface area contributed by atoms with Crippen LogP contribution < -0.4 is 47.3 Å². The van der Waals surface area contributed by atoms with Gasteiger partial charge in [0.2, 0.25) is 47.3 Å². The van der Waals surface area contributed by atoms with Gasteiger partial charge in [-0.15, -0.1) is 0 Å². The zero-order valence-corrected chi connectivity index (χ0v) is 57.5. The molecule has 1 fully saturated rings. The van der Waals surface area contributed by atoms with Gasteiger partial charge in [-0.05, 0) is 146 Å². The van der Waals surface area contributed by atoms with E-state index in [0.717, 1.165) is 56.9 Å². The second-order valence-electron chi connectivity index (χ2n) is 27.0. The highest BCUT2D eigenvalue weighted by molar-refractivity contribution is 5.99. The van der Waals surface area contributed by atoms with Crippen molar-refractivity contribution in [3.63, 3.8) is 0 Å². The molecule has 8 N–H and O–H groups in total. The second kappa shape index (κ2) is 40.8. The number of benzene rings is 3. The number of amides is 9. The summed E-state index contributed by atoms with van der Waals surface area (Å²) in [6, 6.07) is 17.9. The predicted molar refractivity (Wildman–Crippen MR) is 360 cm³/mol. The van der Waals surface area contributed by atoms with Crippen molar-refractivity contribution >= 4 is 65.2 Å². The van der Waals surface area contributed by atoms with Crippen LogP contribution in [0.2, 0.25) is 0 Å². The number of aryl methyl sites for hydroxylation is 1. The Kier molecular flexibility index (Phi) is 33.9. The molecule has 3 aromatic carbocycles. The second-order valence-corrected chi connectivity index (χ2v) is 27.0. The molecule has 1 aliphatic heterocycles. The van der Waals surface area contributed by atoms with Crippen molar-refractivity contribution in [3.05, 3.63) is 95.6 Å². The van der Waals surface area contributed by atoms with Crippen LogP contribution in [0.4, 0.5) is 15.3 Å². The Morgan fingerprint density at radius 1 is 0.553 bits per heavy atom. The number of carbonyl (C=O) groups excluding carboxylic acids is 10. The molecule has 0 unspecified atom stereocenters. The van der Waals surface area contributed by atoms with Gasteiger partial charge in [0, 0.05) is 45.1 Å². The fraction of sp³-hybridized carbons (Fsp3) is 0.606. The number of likely N-dealkylation sites (tertiary alicyclic amines) is 1. The van der Waals surface area contributed by atoms with E-state index in [1.165, 1.54) is 11.8 Å². The zero-order chi connectivity index (χ0) is 69.2. The monoisotopic (exact) mass is 1310 g/mol. The van der Waals surface area contributed by atoms with E-state index in [9.17, 15) is 47.9 Å². The molecule has 520 valence electrons. The van der Waals surface area contributed by atoms with E-state index in [-0.39, 0.29) is 62.5 Å². The van der Waals surface area contributed by atoms with E-state index < -0.39 is 95.6 Å². The fourth-order valence-corrected chi connectivity index (χ4v) is 10.5. The number of ether oxygens (including phenoxy) is 4. The summed E-state index contributed by atoms with van der Waals surface area (Å²) < 4.78 is 21.9. The number of unbranched alkanes of at least 4 members (excludes halogenated alkanes) is 8. The minimum atomic E-state index is -1.26. The lowest BCUT2D eigenvalue weighted by Crippen LogP contribution is -2.58. The molecule has 9 amide bonds. The summed E-state index contributed by atoms with van der Waals surface area (Å²) in [5, 5.41) is 22.3. The van der Waals surface area contributed by atoms with Crippen LogP contribution >= 0.6 is 0 Å². The third-order valence-electron chi connectivity index (χ3n) is 15.2. The van der Waals surface area contributed by atoms with E-state index in [1.807, 2.05) is 78.8 Å². The van der Waals surface area contributed by atoms with Crippen LogP contribution in [-0.4, -0.2) is 139 Å². The Hall–Kier alpha value is -8.24. The van der Waals surface area contributed by atoms with Crippen molar-refractivity contribution in [2.24, 2.45) is 11.8 Å². The van der Waals surface area contributed by atoms with Crippen molar-refractivity contribution < 1.29 is 66.9 Å². The Morgan fingerprint density at radius 2 is 1.13 bits per heavy atom. The molecule has 0 radical (unpaired) electrons. The Balaban J connectivity index is 1.31. The molecule has 23 nitrogen and oxygen atoms in total. The lowest BCUT2D eigenvalue weighted by Gasteiger charge is -2.27. The van der Waals surface area contributed by atoms with Crippen molar-refractivity contribution in [1.29, 1.82) is 0 Å². The van der Waals surface area contributed by atoms with Gasteiger partial charge in [-0.25, -0.2) is 9.59 Å². The molecule has 1 heterocycles. The summed E-state index contributed by atoms with van der Waals surface area (Å²) in [5.74, 6) is -3.36. The van der Waals surface area contributed by atoms with Crippen molar-refractivity contribution in [3.8, 4) is 5.75 Å². The summed E-state index contributed by atoms with van der Waals surface area (Å²) in [5.41, 5.74) is 1.56. The number of hydrogen-bond donors (Lipinski definition) is 8. The number of alkyl carbamates (subject to hydrolysis) is 1. The lowest BCUT2D eigenvalue weighted by atomic mass is 10.00. The average molecular weight is 1310 g/mol. The van der Waals surface area contributed by atoms with Gasteiger partial charge in [0.15, 0.2) is 0 Å². The Bertz CT molecular complexity index is 2870. The van der Waals surface area contributed by atoms with Gasteiger partial charge < -0.3 is 66.4 Å². The first-order valence-corrected chi connectivity index (χ1v) is 33.5. The summed E-state index contributed by atoms with van der Waals surface area (Å²) in [7, 11) is 0. The van der Waals surface area contributed by atoms with Gasteiger partial charge in [0.1, 0.15) is 53.8 Å². The fourth-order valence-electron chi connectivity index (χ4n) is 10.5. The summed E-state index contributed by atoms with van der Waals surface area (Å²) in [6.07, 6.45) is 9.89. The molecule has 1 aliphatic rings. The number of anilines is 1. The molecule has 5 atom stereocenters. The lowest BCUT2D eigenvalue weighted by molar-refractivity contribution is -0.138. The smallest absolute Gasteiger partial charge is 0.488 e. The zero-order valence-electron chi connectivity index (χ0n) is 57.5. The molecule has 23 heteroatoms. The van der Waals surface area contributed by atoms with Crippen molar-refractivity contribution in [1.82, 2.24) is 42.1 Å². The van der Waals surface area contributed by atoms with Crippen LogP contribution in [0.1, 0.15) is 189 Å². The van der Waals surface area contributed by atoms with Crippen LogP contribution in [0.5, 0.6) is 5.75 Å². The van der Waals surface area contributed by atoms with Gasteiger partial charge in [-0.3, -0.25) is 38.4 Å². The largest absolute Gasteiger partial charge is 0.508 e. The SMILES string of the molecule is CC(=O)N1CCC[C@H]1C(=O)N[C@@H](CC(C)C)C(=O)NCC(=O)N[C@@H](CCc1ccccc1)C(=O)N[C@@H](Cc1ccc(OC(C)(C)C)cc1)C(=O)N[C@@H](CC(C)C)C(=O)Nc1ccc(COC(=O)OCCCCCCCCCCCC(=O)NCCNC(=O)OC(C)(C)C)cc1. The first kappa shape index (κ1) is 78.2. The topological polar surface area (TPSA) is 307 Å². The molecule has 0 aliphatic carbocycles. The molecule has 0 bridgehead atoms. The van der Waals surface area contributed by atoms with E-state index in [4.69, 9.17) is 18.9 Å². The summed E-state index contributed by atoms with van der Waals surface area (Å²) >= 11 is 0. The number of nitrogens with zero attached hydrogens (tertiary/aromatic N) is 1. The van der Waals surface area contributed by atoms with Crippen LogP contribution in [-0.2, 0) is 72.0 Å². The Labute approximate surface area is 556 Å². The van der Waals surface area contributed by atoms with Gasteiger partial charge >= 0.3 is 12.2 Å². The van der Waals surface area contributed by atoms with Crippen molar-refractivity contribution in [2.45, 2.75) is 233 Å². The van der Waals surface area contributed by atoms with Gasteiger partial charge in [-0.2, -0.15) is 0 Å². The van der Waals surface area contributed by atoms with E-state index in [0.29, 0.717) is 74.3 Å². The maximum atomic E-state index is 14.7. The summed E-state index contributed by atoms with van der Waals surface area (Å²) in [4.78, 5) is 134. The van der Waals surface area contributed by atoms with E-state index in [1.54, 1.807) is 69.3 Å².